The van der Waals surface area contributed by atoms with Crippen molar-refractivity contribution in [2.24, 2.45) is 0 Å². The molecular formula is C16H28N3O2S+. The Balaban J connectivity index is 2.27. The second-order valence-electron chi connectivity index (χ2n) is 5.43. The molecule has 0 aliphatic rings. The van der Waals surface area contributed by atoms with Crippen molar-refractivity contribution >= 4 is 17.3 Å². The first-order valence-electron chi connectivity index (χ1n) is 7.58. The number of rotatable bonds is 9. The van der Waals surface area contributed by atoms with E-state index < -0.39 is 0 Å². The van der Waals surface area contributed by atoms with Crippen molar-refractivity contribution in [1.82, 2.24) is 10.6 Å². The topological polar surface area (TPSA) is 47.0 Å². The fraction of sp³-hybridized carbons (Fsp3) is 0.562. The van der Waals surface area contributed by atoms with Gasteiger partial charge in [0, 0.05) is 19.5 Å². The zero-order chi connectivity index (χ0) is 16.4. The third-order valence-electron chi connectivity index (χ3n) is 3.29. The Kier molecular flexibility index (Phi) is 8.62. The first-order valence-corrected chi connectivity index (χ1v) is 7.99. The van der Waals surface area contributed by atoms with Crippen LogP contribution in [0.4, 0.5) is 0 Å². The minimum atomic E-state index is 0.717. The molecule has 1 aromatic rings. The van der Waals surface area contributed by atoms with Crippen molar-refractivity contribution in [3.05, 3.63) is 23.8 Å². The molecule has 0 aliphatic carbocycles. The summed E-state index contributed by atoms with van der Waals surface area (Å²) in [6.07, 6.45) is 1.99. The molecule has 0 bridgehead atoms. The number of quaternary nitrogens is 1. The smallest absolute Gasteiger partial charge is 0.166 e. The van der Waals surface area contributed by atoms with E-state index in [1.165, 1.54) is 10.5 Å². The summed E-state index contributed by atoms with van der Waals surface area (Å²) in [5, 5.41) is 7.17. The van der Waals surface area contributed by atoms with Gasteiger partial charge in [-0.1, -0.05) is 6.07 Å². The minimum Gasteiger partial charge on any atom is -0.493 e. The Hall–Kier alpha value is -1.53. The molecule has 0 saturated heterocycles. The van der Waals surface area contributed by atoms with Crippen molar-refractivity contribution in [3.8, 4) is 11.5 Å². The van der Waals surface area contributed by atoms with Gasteiger partial charge in [0.05, 0.1) is 34.9 Å². The van der Waals surface area contributed by atoms with E-state index in [4.69, 9.17) is 21.7 Å². The highest BCUT2D eigenvalue weighted by molar-refractivity contribution is 7.80. The Morgan fingerprint density at radius 2 is 1.77 bits per heavy atom. The molecule has 0 radical (unpaired) electrons. The number of benzene rings is 1. The van der Waals surface area contributed by atoms with Crippen LogP contribution in [0.5, 0.6) is 11.5 Å². The van der Waals surface area contributed by atoms with Crippen molar-refractivity contribution in [2.75, 3.05) is 47.9 Å². The molecule has 1 aromatic carbocycles. The average Bonchev–Trinajstić information content (AvgIpc) is 2.51. The molecule has 0 fully saturated rings. The summed E-state index contributed by atoms with van der Waals surface area (Å²) >= 11 is 5.26. The van der Waals surface area contributed by atoms with Gasteiger partial charge in [0.2, 0.25) is 0 Å². The average molecular weight is 326 g/mol. The lowest BCUT2D eigenvalue weighted by atomic mass is 10.1. The molecule has 0 aliphatic heterocycles. The lowest BCUT2D eigenvalue weighted by molar-refractivity contribution is -0.858. The van der Waals surface area contributed by atoms with E-state index in [1.807, 2.05) is 18.2 Å². The molecule has 0 spiro atoms. The molecule has 0 saturated carbocycles. The Bertz CT molecular complexity index is 467. The highest BCUT2D eigenvalue weighted by Crippen LogP contribution is 2.27. The van der Waals surface area contributed by atoms with E-state index in [2.05, 4.69) is 24.7 Å². The monoisotopic (exact) mass is 326 g/mol. The van der Waals surface area contributed by atoms with Crippen LogP contribution in [0.15, 0.2) is 18.2 Å². The fourth-order valence-corrected chi connectivity index (χ4v) is 2.27. The van der Waals surface area contributed by atoms with Gasteiger partial charge < -0.3 is 25.0 Å². The van der Waals surface area contributed by atoms with Gasteiger partial charge in [0.15, 0.2) is 16.6 Å². The van der Waals surface area contributed by atoms with E-state index in [0.717, 1.165) is 44.0 Å². The van der Waals surface area contributed by atoms with E-state index in [0.29, 0.717) is 5.11 Å². The number of methoxy groups -OCH3 is 2. The first kappa shape index (κ1) is 18.5. The largest absolute Gasteiger partial charge is 0.493 e. The number of hydrogen-bond donors (Lipinski definition) is 3. The SMILES string of the molecule is COc1ccc(CCNC(=S)NCCC[NH+](C)C)cc1OC. The molecule has 0 aromatic heterocycles. The van der Waals surface area contributed by atoms with Crippen LogP contribution in [0.2, 0.25) is 0 Å². The summed E-state index contributed by atoms with van der Waals surface area (Å²) < 4.78 is 10.5. The summed E-state index contributed by atoms with van der Waals surface area (Å²) in [4.78, 5) is 1.45. The Labute approximate surface area is 139 Å². The van der Waals surface area contributed by atoms with Crippen LogP contribution in [-0.2, 0) is 6.42 Å². The van der Waals surface area contributed by atoms with Crippen LogP contribution in [0.3, 0.4) is 0 Å². The van der Waals surface area contributed by atoms with Crippen molar-refractivity contribution < 1.29 is 14.4 Å². The molecular weight excluding hydrogens is 298 g/mol. The number of thiocarbonyl (C=S) groups is 1. The number of hydrogen-bond acceptors (Lipinski definition) is 3. The summed E-state index contributed by atoms with van der Waals surface area (Å²) in [5.41, 5.74) is 1.18. The van der Waals surface area contributed by atoms with Crippen LogP contribution in [0.1, 0.15) is 12.0 Å². The zero-order valence-electron chi connectivity index (χ0n) is 14.0. The Morgan fingerprint density at radius 3 is 2.41 bits per heavy atom. The second kappa shape index (κ2) is 10.2. The van der Waals surface area contributed by atoms with Crippen LogP contribution < -0.4 is 25.0 Å². The van der Waals surface area contributed by atoms with Gasteiger partial charge >= 0.3 is 0 Å². The molecule has 6 heteroatoms. The van der Waals surface area contributed by atoms with Crippen LogP contribution >= 0.6 is 12.2 Å². The molecule has 0 unspecified atom stereocenters. The highest BCUT2D eigenvalue weighted by atomic mass is 32.1. The first-order chi connectivity index (χ1) is 10.6. The minimum absolute atomic E-state index is 0.717. The molecule has 0 heterocycles. The Morgan fingerprint density at radius 1 is 1.09 bits per heavy atom. The third kappa shape index (κ3) is 6.95. The summed E-state index contributed by atoms with van der Waals surface area (Å²) in [6, 6.07) is 5.96. The van der Waals surface area contributed by atoms with Gasteiger partial charge in [0.25, 0.3) is 0 Å². The molecule has 1 rings (SSSR count). The molecule has 0 amide bonds. The summed E-state index contributed by atoms with van der Waals surface area (Å²) in [5.74, 6) is 1.51. The third-order valence-corrected chi connectivity index (χ3v) is 3.57. The van der Waals surface area contributed by atoms with Gasteiger partial charge in [-0.15, -0.1) is 0 Å². The van der Waals surface area contributed by atoms with E-state index in [1.54, 1.807) is 14.2 Å². The van der Waals surface area contributed by atoms with Crippen molar-refractivity contribution in [2.45, 2.75) is 12.8 Å². The van der Waals surface area contributed by atoms with E-state index in [-0.39, 0.29) is 0 Å². The predicted molar refractivity (Wildman–Crippen MR) is 94.1 cm³/mol. The molecule has 5 nitrogen and oxygen atoms in total. The van der Waals surface area contributed by atoms with Gasteiger partial charge in [-0.25, -0.2) is 0 Å². The lowest BCUT2D eigenvalue weighted by Crippen LogP contribution is -3.05. The van der Waals surface area contributed by atoms with E-state index in [9.17, 15) is 0 Å². The van der Waals surface area contributed by atoms with Crippen molar-refractivity contribution in [3.63, 3.8) is 0 Å². The maximum absolute atomic E-state index is 5.30. The zero-order valence-corrected chi connectivity index (χ0v) is 14.8. The highest BCUT2D eigenvalue weighted by Gasteiger charge is 2.04. The van der Waals surface area contributed by atoms with E-state index >= 15 is 0 Å². The molecule has 124 valence electrons. The summed E-state index contributed by atoms with van der Waals surface area (Å²) in [7, 11) is 7.59. The summed E-state index contributed by atoms with van der Waals surface area (Å²) in [6.45, 7) is 2.84. The lowest BCUT2D eigenvalue weighted by Gasteiger charge is -2.12. The molecule has 0 atom stereocenters. The van der Waals surface area contributed by atoms with Crippen LogP contribution in [0, 0.1) is 0 Å². The number of nitrogens with one attached hydrogen (secondary N) is 3. The normalized spacial score (nSPS) is 10.4. The van der Waals surface area contributed by atoms with Gasteiger partial charge in [-0.3, -0.25) is 0 Å². The number of ether oxygens (including phenoxy) is 2. The van der Waals surface area contributed by atoms with Gasteiger partial charge in [-0.05, 0) is 36.3 Å². The maximum atomic E-state index is 5.30. The quantitative estimate of drug-likeness (QED) is 0.448. The fourth-order valence-electron chi connectivity index (χ4n) is 2.06. The second-order valence-corrected chi connectivity index (χ2v) is 5.84. The van der Waals surface area contributed by atoms with Crippen LogP contribution in [-0.4, -0.2) is 53.1 Å². The van der Waals surface area contributed by atoms with Gasteiger partial charge in [0.1, 0.15) is 0 Å². The van der Waals surface area contributed by atoms with Crippen molar-refractivity contribution in [1.29, 1.82) is 0 Å². The maximum Gasteiger partial charge on any atom is 0.166 e. The van der Waals surface area contributed by atoms with Crippen LogP contribution in [0.25, 0.3) is 0 Å². The molecule has 3 N–H and O–H groups in total. The molecule has 22 heavy (non-hydrogen) atoms. The van der Waals surface area contributed by atoms with Gasteiger partial charge in [-0.2, -0.15) is 0 Å². The predicted octanol–water partition coefficient (Wildman–Crippen LogP) is 0.245. The standard InChI is InChI=1S/C16H27N3O2S/c1-19(2)11-5-9-17-16(22)18-10-8-13-6-7-14(20-3)15(12-13)21-4/h6-7,12H,5,8-11H2,1-4H3,(H2,17,18,22)/p+1.